The van der Waals surface area contributed by atoms with Crippen molar-refractivity contribution in [1.82, 2.24) is 0 Å². The summed E-state index contributed by atoms with van der Waals surface area (Å²) in [5.74, 6) is 0. The van der Waals surface area contributed by atoms with Crippen LogP contribution in [-0.2, 0) is 9.84 Å². The van der Waals surface area contributed by atoms with Gasteiger partial charge in [0.25, 0.3) is 0 Å². The predicted molar refractivity (Wildman–Crippen MR) is 51.4 cm³/mol. The molecule has 2 nitrogen and oxygen atoms in total. The highest BCUT2D eigenvalue weighted by molar-refractivity contribution is 9.10. The molecule has 0 fully saturated rings. The summed E-state index contributed by atoms with van der Waals surface area (Å²) in [5, 5.41) is 0. The Morgan fingerprint density at radius 1 is 1.45 bits per heavy atom. The Bertz CT molecular complexity index is 229. The van der Waals surface area contributed by atoms with Gasteiger partial charge in [-0.05, 0) is 12.8 Å². The third-order valence-electron chi connectivity index (χ3n) is 1.32. The number of sulfone groups is 1. The van der Waals surface area contributed by atoms with E-state index in [0.29, 0.717) is 11.3 Å². The van der Waals surface area contributed by atoms with Gasteiger partial charge in [-0.1, -0.05) is 35.9 Å². The molecule has 0 saturated heterocycles. The van der Waals surface area contributed by atoms with Crippen LogP contribution in [0, 0.1) is 0 Å². The van der Waals surface area contributed by atoms with Gasteiger partial charge in [0, 0.05) is 4.91 Å². The lowest BCUT2D eigenvalue weighted by Crippen LogP contribution is -2.03. The second-order valence-corrected chi connectivity index (χ2v) is 5.50. The van der Waals surface area contributed by atoms with E-state index in [1.165, 1.54) is 0 Å². The van der Waals surface area contributed by atoms with Crippen molar-refractivity contribution < 1.29 is 8.42 Å². The van der Waals surface area contributed by atoms with Crippen molar-refractivity contribution in [1.29, 1.82) is 0 Å². The Kier molecular flexibility index (Phi) is 5.01. The molecule has 0 rings (SSSR count). The van der Waals surface area contributed by atoms with Crippen LogP contribution < -0.4 is 0 Å². The van der Waals surface area contributed by atoms with Crippen LogP contribution in [0.15, 0.2) is 11.0 Å². The lowest BCUT2D eigenvalue weighted by Gasteiger charge is -2.01. The fraction of sp³-hybridized carbons (Fsp3) is 0.714. The lowest BCUT2D eigenvalue weighted by atomic mass is 10.3. The molecule has 11 heavy (non-hydrogen) atoms. The summed E-state index contributed by atoms with van der Waals surface area (Å²) in [5.41, 5.74) is 0. The maximum atomic E-state index is 11.2. The van der Waals surface area contributed by atoms with Gasteiger partial charge in [-0.25, -0.2) is 8.42 Å². The zero-order valence-electron chi connectivity index (χ0n) is 6.80. The molecule has 0 radical (unpaired) electrons. The number of halogens is 1. The average Bonchev–Trinajstić information content (AvgIpc) is 2.00. The van der Waals surface area contributed by atoms with E-state index in [0.717, 1.165) is 6.42 Å². The molecule has 0 amide bonds. The molecule has 0 unspecified atom stereocenters. The molecule has 0 aliphatic heterocycles. The summed E-state index contributed by atoms with van der Waals surface area (Å²) in [6.45, 7) is 3.78. The van der Waals surface area contributed by atoms with Gasteiger partial charge in [0.1, 0.15) is 4.66 Å². The summed E-state index contributed by atoms with van der Waals surface area (Å²) >= 11 is 2.95. The van der Waals surface area contributed by atoms with Crippen LogP contribution >= 0.6 is 15.9 Å². The van der Waals surface area contributed by atoms with Crippen molar-refractivity contribution in [2.24, 2.45) is 0 Å². The molecule has 0 heterocycles. The average molecular weight is 241 g/mol. The van der Waals surface area contributed by atoms with E-state index in [4.69, 9.17) is 0 Å². The fourth-order valence-electron chi connectivity index (χ4n) is 0.789. The second-order valence-electron chi connectivity index (χ2n) is 2.16. The monoisotopic (exact) mass is 240 g/mol. The summed E-state index contributed by atoms with van der Waals surface area (Å²) in [4.78, 5) is 0.539. The van der Waals surface area contributed by atoms with E-state index in [2.05, 4.69) is 15.9 Å². The molecule has 0 N–H and O–H groups in total. The van der Waals surface area contributed by atoms with E-state index in [1.54, 1.807) is 6.08 Å². The van der Waals surface area contributed by atoms with Crippen molar-refractivity contribution in [2.75, 3.05) is 4.66 Å². The largest absolute Gasteiger partial charge is 0.223 e. The molecule has 0 saturated carbocycles. The lowest BCUT2D eigenvalue weighted by molar-refractivity contribution is 0.605. The summed E-state index contributed by atoms with van der Waals surface area (Å²) in [6.07, 6.45) is 3.12. The Labute approximate surface area is 76.7 Å². The van der Waals surface area contributed by atoms with Gasteiger partial charge in [-0.3, -0.25) is 0 Å². The van der Waals surface area contributed by atoms with E-state index in [-0.39, 0.29) is 4.66 Å². The first-order valence-electron chi connectivity index (χ1n) is 3.56. The van der Waals surface area contributed by atoms with Gasteiger partial charge in [0.05, 0.1) is 0 Å². The van der Waals surface area contributed by atoms with E-state index >= 15 is 0 Å². The highest BCUT2D eigenvalue weighted by Crippen LogP contribution is 2.14. The molecular formula is C7H13BrO2S. The van der Waals surface area contributed by atoms with Crippen molar-refractivity contribution in [2.45, 2.75) is 26.7 Å². The van der Waals surface area contributed by atoms with Crippen molar-refractivity contribution in [3.8, 4) is 0 Å². The maximum Gasteiger partial charge on any atom is 0.184 e. The van der Waals surface area contributed by atoms with Gasteiger partial charge in [0.15, 0.2) is 9.84 Å². The predicted octanol–water partition coefficient (Wildman–Crippen LogP) is 2.46. The summed E-state index contributed by atoms with van der Waals surface area (Å²) in [6, 6.07) is 0. The maximum absolute atomic E-state index is 11.2. The molecule has 0 atom stereocenters. The van der Waals surface area contributed by atoms with Crippen LogP contribution in [-0.4, -0.2) is 13.1 Å². The number of rotatable bonds is 4. The minimum atomic E-state index is -2.99. The molecule has 0 spiro atoms. The molecule has 0 aromatic rings. The van der Waals surface area contributed by atoms with Crippen LogP contribution in [0.2, 0.25) is 0 Å². The Morgan fingerprint density at radius 3 is 2.27 bits per heavy atom. The van der Waals surface area contributed by atoms with Crippen LogP contribution in [0.25, 0.3) is 0 Å². The van der Waals surface area contributed by atoms with Gasteiger partial charge < -0.3 is 0 Å². The third-order valence-corrected chi connectivity index (χ3v) is 4.67. The first-order chi connectivity index (χ1) is 5.08. The fourth-order valence-corrected chi connectivity index (χ4v) is 2.67. The molecule has 4 heteroatoms. The molecule has 66 valence electrons. The number of alkyl halides is 1. The van der Waals surface area contributed by atoms with E-state index < -0.39 is 9.84 Å². The molecule has 0 aromatic heterocycles. The Hall–Kier alpha value is 0.170. The molecular weight excluding hydrogens is 228 g/mol. The van der Waals surface area contributed by atoms with Crippen LogP contribution in [0.4, 0.5) is 0 Å². The van der Waals surface area contributed by atoms with Crippen LogP contribution in [0.3, 0.4) is 0 Å². The quantitative estimate of drug-likeness (QED) is 0.708. The highest BCUT2D eigenvalue weighted by atomic mass is 79.9. The number of hydrogen-bond donors (Lipinski definition) is 0. The van der Waals surface area contributed by atoms with Gasteiger partial charge in [0.2, 0.25) is 0 Å². The van der Waals surface area contributed by atoms with Crippen LogP contribution in [0.5, 0.6) is 0 Å². The summed E-state index contributed by atoms with van der Waals surface area (Å²) in [7, 11) is -2.99. The Morgan fingerprint density at radius 2 is 2.00 bits per heavy atom. The SMILES string of the molecule is CCC=C(CC)S(=O)(=O)CBr. The zero-order valence-corrected chi connectivity index (χ0v) is 9.20. The van der Waals surface area contributed by atoms with Gasteiger partial charge in [-0.15, -0.1) is 0 Å². The normalized spacial score (nSPS) is 13.5. The molecule has 0 aliphatic rings. The molecule has 0 aromatic carbocycles. The zero-order chi connectivity index (χ0) is 8.91. The van der Waals surface area contributed by atoms with E-state index in [9.17, 15) is 8.42 Å². The minimum absolute atomic E-state index is 0.0275. The third kappa shape index (κ3) is 3.38. The second kappa shape index (κ2) is 4.93. The topological polar surface area (TPSA) is 34.1 Å². The van der Waals surface area contributed by atoms with Crippen molar-refractivity contribution in [3.63, 3.8) is 0 Å². The Balaban J connectivity index is 4.66. The smallest absolute Gasteiger partial charge is 0.184 e. The number of hydrogen-bond acceptors (Lipinski definition) is 2. The molecule has 0 aliphatic carbocycles. The number of allylic oxidation sites excluding steroid dienone is 2. The first kappa shape index (κ1) is 11.2. The van der Waals surface area contributed by atoms with Gasteiger partial charge in [-0.2, -0.15) is 0 Å². The van der Waals surface area contributed by atoms with Gasteiger partial charge >= 0.3 is 0 Å². The standard InChI is InChI=1S/C7H13BrO2S/c1-3-5-7(4-2)11(9,10)6-8/h5H,3-4,6H2,1-2H3. The van der Waals surface area contributed by atoms with E-state index in [1.807, 2.05) is 13.8 Å². The summed E-state index contributed by atoms with van der Waals surface area (Å²) < 4.78 is 22.4. The van der Waals surface area contributed by atoms with Crippen molar-refractivity contribution >= 4 is 25.8 Å². The first-order valence-corrected chi connectivity index (χ1v) is 6.33. The minimum Gasteiger partial charge on any atom is -0.223 e. The highest BCUT2D eigenvalue weighted by Gasteiger charge is 2.12. The van der Waals surface area contributed by atoms with Crippen LogP contribution in [0.1, 0.15) is 26.7 Å². The molecule has 0 bridgehead atoms. The van der Waals surface area contributed by atoms with Crippen molar-refractivity contribution in [3.05, 3.63) is 11.0 Å².